The lowest BCUT2D eigenvalue weighted by Gasteiger charge is -2.17. The third-order valence-electron chi connectivity index (χ3n) is 2.91. The zero-order chi connectivity index (χ0) is 9.52. The lowest BCUT2D eigenvalue weighted by atomic mass is 9.89. The maximum Gasteiger partial charge on any atom is 0.305 e. The van der Waals surface area contributed by atoms with E-state index >= 15 is 0 Å². The van der Waals surface area contributed by atoms with Gasteiger partial charge in [0.1, 0.15) is 0 Å². The van der Waals surface area contributed by atoms with Crippen LogP contribution >= 0.6 is 0 Å². The van der Waals surface area contributed by atoms with E-state index in [0.29, 0.717) is 12.3 Å². The third-order valence-corrected chi connectivity index (χ3v) is 2.91. The summed E-state index contributed by atoms with van der Waals surface area (Å²) in [5, 5.41) is 0. The Morgan fingerprint density at radius 1 is 1.15 bits per heavy atom. The molecule has 0 spiro atoms. The van der Waals surface area contributed by atoms with Crippen molar-refractivity contribution in [1.29, 1.82) is 0 Å². The second kappa shape index (κ2) is 6.01. The van der Waals surface area contributed by atoms with Crippen molar-refractivity contribution in [1.82, 2.24) is 0 Å². The average Bonchev–Trinajstić information content (AvgIpc) is 2.09. The molecular weight excluding hydrogens is 164 g/mol. The zero-order valence-electron chi connectivity index (χ0n) is 8.55. The van der Waals surface area contributed by atoms with Gasteiger partial charge in [0.15, 0.2) is 0 Å². The highest BCUT2D eigenvalue weighted by atomic mass is 16.5. The van der Waals surface area contributed by atoms with Crippen molar-refractivity contribution < 1.29 is 9.53 Å². The molecule has 76 valence electrons. The first-order valence-electron chi connectivity index (χ1n) is 5.39. The van der Waals surface area contributed by atoms with Crippen LogP contribution in [0.5, 0.6) is 0 Å². The van der Waals surface area contributed by atoms with Crippen LogP contribution in [0.1, 0.15) is 51.4 Å². The minimum atomic E-state index is -0.0365. The molecule has 1 aliphatic rings. The summed E-state index contributed by atoms with van der Waals surface area (Å²) < 4.78 is 4.69. The van der Waals surface area contributed by atoms with Gasteiger partial charge in [-0.25, -0.2) is 0 Å². The van der Waals surface area contributed by atoms with Crippen LogP contribution < -0.4 is 0 Å². The number of esters is 1. The molecule has 1 rings (SSSR count). The molecule has 0 aromatic carbocycles. The van der Waals surface area contributed by atoms with Gasteiger partial charge in [0, 0.05) is 6.42 Å². The van der Waals surface area contributed by atoms with E-state index in [4.69, 9.17) is 0 Å². The molecule has 13 heavy (non-hydrogen) atoms. The lowest BCUT2D eigenvalue weighted by Crippen LogP contribution is -2.11. The summed E-state index contributed by atoms with van der Waals surface area (Å²) in [5.74, 6) is 0.554. The second-order valence-electron chi connectivity index (χ2n) is 3.99. The number of rotatable bonds is 2. The van der Waals surface area contributed by atoms with Gasteiger partial charge in [0.25, 0.3) is 0 Å². The standard InChI is InChI=1S/C11H20O2/c1-13-11(12)9-10-7-5-3-2-4-6-8-10/h10H,2-9H2,1H3. The molecular formula is C11H20O2. The third kappa shape index (κ3) is 4.30. The summed E-state index contributed by atoms with van der Waals surface area (Å²) in [7, 11) is 1.48. The van der Waals surface area contributed by atoms with Crippen molar-refractivity contribution >= 4 is 5.97 Å². The molecule has 0 aromatic rings. The Bertz CT molecular complexity index is 146. The fourth-order valence-electron chi connectivity index (χ4n) is 2.06. The van der Waals surface area contributed by atoms with E-state index in [2.05, 4.69) is 4.74 Å². The first-order valence-corrected chi connectivity index (χ1v) is 5.39. The minimum Gasteiger partial charge on any atom is -0.469 e. The molecule has 0 N–H and O–H groups in total. The Balaban J connectivity index is 2.25. The van der Waals surface area contributed by atoms with Gasteiger partial charge < -0.3 is 4.74 Å². The normalized spacial score (nSPS) is 20.4. The first kappa shape index (κ1) is 10.6. The fraction of sp³-hybridized carbons (Fsp3) is 0.909. The number of carbonyl (C=O) groups is 1. The summed E-state index contributed by atoms with van der Waals surface area (Å²) in [6.45, 7) is 0. The number of hydrogen-bond donors (Lipinski definition) is 0. The van der Waals surface area contributed by atoms with Gasteiger partial charge in [-0.3, -0.25) is 4.79 Å². The molecule has 0 unspecified atom stereocenters. The van der Waals surface area contributed by atoms with Gasteiger partial charge in [-0.15, -0.1) is 0 Å². The van der Waals surface area contributed by atoms with E-state index < -0.39 is 0 Å². The van der Waals surface area contributed by atoms with Crippen molar-refractivity contribution in [3.8, 4) is 0 Å². The molecule has 0 radical (unpaired) electrons. The van der Waals surface area contributed by atoms with Crippen molar-refractivity contribution in [2.24, 2.45) is 5.92 Å². The molecule has 2 heteroatoms. The zero-order valence-corrected chi connectivity index (χ0v) is 8.55. The van der Waals surface area contributed by atoms with Gasteiger partial charge in [-0.1, -0.05) is 32.1 Å². The first-order chi connectivity index (χ1) is 6.33. The quantitative estimate of drug-likeness (QED) is 0.617. The SMILES string of the molecule is COC(=O)CC1CCCCCCC1. The predicted octanol–water partition coefficient (Wildman–Crippen LogP) is 2.91. The van der Waals surface area contributed by atoms with Crippen molar-refractivity contribution in [2.45, 2.75) is 51.4 Å². The van der Waals surface area contributed by atoms with Gasteiger partial charge in [-0.05, 0) is 18.8 Å². The van der Waals surface area contributed by atoms with E-state index in [-0.39, 0.29) is 5.97 Å². The summed E-state index contributed by atoms with van der Waals surface area (Å²) >= 11 is 0. The molecule has 0 saturated heterocycles. The van der Waals surface area contributed by atoms with E-state index in [1.807, 2.05) is 0 Å². The molecule has 0 aromatic heterocycles. The maximum atomic E-state index is 11.1. The Morgan fingerprint density at radius 2 is 1.69 bits per heavy atom. The van der Waals surface area contributed by atoms with E-state index in [1.165, 1.54) is 52.1 Å². The number of carbonyl (C=O) groups excluding carboxylic acids is 1. The molecule has 0 amide bonds. The Labute approximate surface area is 80.7 Å². The average molecular weight is 184 g/mol. The van der Waals surface area contributed by atoms with Crippen molar-refractivity contribution in [3.63, 3.8) is 0 Å². The van der Waals surface area contributed by atoms with Crippen LogP contribution in [-0.2, 0) is 9.53 Å². The molecule has 0 heterocycles. The highest BCUT2D eigenvalue weighted by Gasteiger charge is 2.15. The fourth-order valence-corrected chi connectivity index (χ4v) is 2.06. The van der Waals surface area contributed by atoms with Gasteiger partial charge >= 0.3 is 5.97 Å². The van der Waals surface area contributed by atoms with Crippen molar-refractivity contribution in [3.05, 3.63) is 0 Å². The number of hydrogen-bond acceptors (Lipinski definition) is 2. The van der Waals surface area contributed by atoms with Crippen LogP contribution in [0.2, 0.25) is 0 Å². The van der Waals surface area contributed by atoms with E-state index in [0.717, 1.165) is 0 Å². The van der Waals surface area contributed by atoms with Crippen LogP contribution in [0.15, 0.2) is 0 Å². The van der Waals surface area contributed by atoms with Crippen molar-refractivity contribution in [2.75, 3.05) is 7.11 Å². The van der Waals surface area contributed by atoms with E-state index in [1.54, 1.807) is 0 Å². The van der Waals surface area contributed by atoms with Gasteiger partial charge in [-0.2, -0.15) is 0 Å². The Morgan fingerprint density at radius 3 is 2.23 bits per heavy atom. The molecule has 0 atom stereocenters. The van der Waals surface area contributed by atoms with Crippen LogP contribution in [0.25, 0.3) is 0 Å². The second-order valence-corrected chi connectivity index (χ2v) is 3.99. The van der Waals surface area contributed by atoms with Gasteiger partial charge in [0.05, 0.1) is 7.11 Å². The topological polar surface area (TPSA) is 26.3 Å². The lowest BCUT2D eigenvalue weighted by molar-refractivity contribution is -0.141. The predicted molar refractivity (Wildman–Crippen MR) is 52.4 cm³/mol. The molecule has 2 nitrogen and oxygen atoms in total. The Hall–Kier alpha value is -0.530. The van der Waals surface area contributed by atoms with E-state index in [9.17, 15) is 4.79 Å². The number of methoxy groups -OCH3 is 1. The minimum absolute atomic E-state index is 0.0365. The van der Waals surface area contributed by atoms with Crippen LogP contribution in [0.4, 0.5) is 0 Å². The van der Waals surface area contributed by atoms with Crippen LogP contribution in [0.3, 0.4) is 0 Å². The summed E-state index contributed by atoms with van der Waals surface area (Å²) in [4.78, 5) is 11.1. The summed E-state index contributed by atoms with van der Waals surface area (Å²) in [6, 6.07) is 0. The monoisotopic (exact) mass is 184 g/mol. The summed E-state index contributed by atoms with van der Waals surface area (Å²) in [5.41, 5.74) is 0. The largest absolute Gasteiger partial charge is 0.469 e. The molecule has 1 aliphatic carbocycles. The molecule has 0 aliphatic heterocycles. The number of ether oxygens (including phenoxy) is 1. The van der Waals surface area contributed by atoms with Gasteiger partial charge in [0.2, 0.25) is 0 Å². The smallest absolute Gasteiger partial charge is 0.305 e. The molecule has 1 fully saturated rings. The Kier molecular flexibility index (Phi) is 4.87. The maximum absolute atomic E-state index is 11.1. The highest BCUT2D eigenvalue weighted by molar-refractivity contribution is 5.69. The highest BCUT2D eigenvalue weighted by Crippen LogP contribution is 2.24. The summed E-state index contributed by atoms with van der Waals surface area (Å²) in [6.07, 6.45) is 9.73. The molecule has 0 bridgehead atoms. The molecule has 1 saturated carbocycles. The van der Waals surface area contributed by atoms with Crippen LogP contribution in [-0.4, -0.2) is 13.1 Å². The van der Waals surface area contributed by atoms with Crippen LogP contribution in [0, 0.1) is 5.92 Å².